The van der Waals surface area contributed by atoms with Crippen molar-refractivity contribution < 1.29 is 0 Å². The Morgan fingerprint density at radius 2 is 2.06 bits per heavy atom. The number of hydrogen-bond acceptors (Lipinski definition) is 4. The first-order chi connectivity index (χ1) is 8.86. The Balaban J connectivity index is 1.76. The minimum absolute atomic E-state index is 0.421. The molecule has 0 fully saturated rings. The van der Waals surface area contributed by atoms with Crippen LogP contribution in [0, 0.1) is 0 Å². The Morgan fingerprint density at radius 1 is 1.17 bits per heavy atom. The van der Waals surface area contributed by atoms with Gasteiger partial charge in [-0.3, -0.25) is 9.36 Å². The van der Waals surface area contributed by atoms with Crippen molar-refractivity contribution >= 4 is 10.9 Å². The van der Waals surface area contributed by atoms with Crippen LogP contribution < -0.4 is 5.73 Å². The molecule has 0 spiro atoms. The molecule has 2 aromatic heterocycles. The van der Waals surface area contributed by atoms with Crippen LogP contribution in [0.15, 0.2) is 36.7 Å². The molecule has 0 unspecified atom stereocenters. The molecule has 0 saturated carbocycles. The van der Waals surface area contributed by atoms with Crippen LogP contribution in [0.3, 0.4) is 0 Å². The highest BCUT2D eigenvalue weighted by molar-refractivity contribution is 5.78. The summed E-state index contributed by atoms with van der Waals surface area (Å²) in [5.41, 5.74) is 7.44. The smallest absolute Gasteiger partial charge is 0.0962 e. The number of aromatic nitrogens is 5. The molecule has 92 valence electrons. The molecule has 0 bridgehead atoms. The summed E-state index contributed by atoms with van der Waals surface area (Å²) in [6.45, 7) is 1.92. The van der Waals surface area contributed by atoms with Crippen molar-refractivity contribution in [2.24, 2.45) is 5.73 Å². The Kier molecular flexibility index (Phi) is 2.77. The fourth-order valence-corrected chi connectivity index (χ4v) is 1.94. The predicted molar refractivity (Wildman–Crippen MR) is 67.6 cm³/mol. The van der Waals surface area contributed by atoms with E-state index in [4.69, 9.17) is 5.73 Å². The van der Waals surface area contributed by atoms with Gasteiger partial charge in [-0.25, -0.2) is 0 Å². The molecule has 0 aliphatic rings. The second kappa shape index (κ2) is 4.58. The maximum atomic E-state index is 5.49. The highest BCUT2D eigenvalue weighted by Crippen LogP contribution is 2.12. The van der Waals surface area contributed by atoms with E-state index < -0.39 is 0 Å². The average Bonchev–Trinajstić information content (AvgIpc) is 3.03. The minimum atomic E-state index is 0.421. The molecule has 0 radical (unpaired) electrons. The molecule has 1 aromatic carbocycles. The third-order valence-electron chi connectivity index (χ3n) is 2.89. The van der Waals surface area contributed by atoms with Crippen LogP contribution >= 0.6 is 0 Å². The molecule has 0 aliphatic heterocycles. The maximum absolute atomic E-state index is 5.49. The van der Waals surface area contributed by atoms with Gasteiger partial charge in [0.15, 0.2) is 0 Å². The number of hydrogen-bond donors (Lipinski definition) is 1. The number of aryl methyl sites for hydroxylation is 2. The number of fused-ring (bicyclic) bond motifs is 1. The van der Waals surface area contributed by atoms with Crippen LogP contribution in [0.2, 0.25) is 0 Å². The summed E-state index contributed by atoms with van der Waals surface area (Å²) in [4.78, 5) is 0. The molecule has 6 heteroatoms. The largest absolute Gasteiger partial charge is 0.325 e. The van der Waals surface area contributed by atoms with Crippen molar-refractivity contribution in [3.05, 3.63) is 42.4 Å². The van der Waals surface area contributed by atoms with Gasteiger partial charge < -0.3 is 5.73 Å². The van der Waals surface area contributed by atoms with E-state index in [1.165, 1.54) is 0 Å². The molecule has 3 aromatic rings. The van der Waals surface area contributed by atoms with Gasteiger partial charge in [0.05, 0.1) is 30.5 Å². The molecule has 0 atom stereocenters. The van der Waals surface area contributed by atoms with Gasteiger partial charge in [0.2, 0.25) is 0 Å². The molecule has 0 saturated heterocycles. The van der Waals surface area contributed by atoms with Gasteiger partial charge >= 0.3 is 0 Å². The third-order valence-corrected chi connectivity index (χ3v) is 2.89. The summed E-state index contributed by atoms with van der Waals surface area (Å²) in [5.74, 6) is 0. The number of benzene rings is 1. The van der Waals surface area contributed by atoms with E-state index >= 15 is 0 Å². The topological polar surface area (TPSA) is 74.5 Å². The van der Waals surface area contributed by atoms with Gasteiger partial charge in [0.25, 0.3) is 0 Å². The molecule has 2 N–H and O–H groups in total. The minimum Gasteiger partial charge on any atom is -0.325 e. The summed E-state index contributed by atoms with van der Waals surface area (Å²) in [6.07, 6.45) is 3.74. The van der Waals surface area contributed by atoms with Crippen LogP contribution in [-0.4, -0.2) is 24.8 Å². The van der Waals surface area contributed by atoms with Gasteiger partial charge in [0, 0.05) is 18.1 Å². The molecule has 2 heterocycles. The molecule has 6 nitrogen and oxygen atoms in total. The Hall–Kier alpha value is -2.21. The van der Waals surface area contributed by atoms with Crippen molar-refractivity contribution in [1.29, 1.82) is 0 Å². The molecular weight excluding hydrogens is 228 g/mol. The van der Waals surface area contributed by atoms with Crippen LogP contribution in [0.4, 0.5) is 0 Å². The Morgan fingerprint density at radius 3 is 2.89 bits per heavy atom. The zero-order chi connectivity index (χ0) is 12.4. The molecular formula is C12H14N6. The van der Waals surface area contributed by atoms with Crippen LogP contribution in [0.1, 0.15) is 5.69 Å². The number of nitrogens with two attached hydrogens (primary N) is 1. The summed E-state index contributed by atoms with van der Waals surface area (Å²) >= 11 is 0. The van der Waals surface area contributed by atoms with Crippen molar-refractivity contribution in [3.63, 3.8) is 0 Å². The Labute approximate surface area is 104 Å². The number of nitrogens with zero attached hydrogens (tertiary/aromatic N) is 5. The lowest BCUT2D eigenvalue weighted by Crippen LogP contribution is -2.09. The van der Waals surface area contributed by atoms with Crippen LogP contribution in [0.25, 0.3) is 10.9 Å². The van der Waals surface area contributed by atoms with E-state index in [-0.39, 0.29) is 0 Å². The number of rotatable bonds is 4. The van der Waals surface area contributed by atoms with Gasteiger partial charge in [0.1, 0.15) is 0 Å². The lowest BCUT2D eigenvalue weighted by atomic mass is 10.3. The van der Waals surface area contributed by atoms with Crippen molar-refractivity contribution in [2.75, 3.05) is 0 Å². The van der Waals surface area contributed by atoms with Gasteiger partial charge in [-0.15, -0.1) is 5.10 Å². The fraction of sp³-hybridized carbons (Fsp3) is 0.250. The summed E-state index contributed by atoms with van der Waals surface area (Å²) in [5, 5.41) is 13.5. The normalized spacial score (nSPS) is 11.2. The summed E-state index contributed by atoms with van der Waals surface area (Å²) in [6, 6.07) is 8.15. The SMILES string of the molecule is NCc1cn(CCn2ncc3ccccc32)nn1. The van der Waals surface area contributed by atoms with Crippen molar-refractivity contribution in [2.45, 2.75) is 19.6 Å². The van der Waals surface area contributed by atoms with E-state index in [1.54, 1.807) is 4.68 Å². The molecule has 3 rings (SSSR count). The zero-order valence-electron chi connectivity index (χ0n) is 9.90. The lowest BCUT2D eigenvalue weighted by Gasteiger charge is -2.03. The van der Waals surface area contributed by atoms with Crippen LogP contribution in [-0.2, 0) is 19.6 Å². The fourth-order valence-electron chi connectivity index (χ4n) is 1.94. The van der Waals surface area contributed by atoms with Crippen LogP contribution in [0.5, 0.6) is 0 Å². The standard InChI is InChI=1S/C12H14N6/c13-7-11-9-17(16-15-11)5-6-18-12-4-2-1-3-10(12)8-14-18/h1-4,8-9H,5-7,13H2. The number of para-hydroxylation sites is 1. The Bertz CT molecular complexity index is 653. The highest BCUT2D eigenvalue weighted by atomic mass is 15.4. The van der Waals surface area contributed by atoms with Gasteiger partial charge in [-0.05, 0) is 6.07 Å². The van der Waals surface area contributed by atoms with E-state index in [9.17, 15) is 0 Å². The summed E-state index contributed by atoms with van der Waals surface area (Å²) < 4.78 is 3.76. The van der Waals surface area contributed by atoms with Gasteiger partial charge in [-0.1, -0.05) is 23.4 Å². The third kappa shape index (κ3) is 1.98. The first-order valence-electron chi connectivity index (χ1n) is 5.86. The van der Waals surface area contributed by atoms with E-state index in [0.29, 0.717) is 6.54 Å². The maximum Gasteiger partial charge on any atom is 0.0962 e. The molecule has 18 heavy (non-hydrogen) atoms. The van der Waals surface area contributed by atoms with Gasteiger partial charge in [-0.2, -0.15) is 5.10 Å². The summed E-state index contributed by atoms with van der Waals surface area (Å²) in [7, 11) is 0. The first kappa shape index (κ1) is 10.9. The van der Waals surface area contributed by atoms with Crippen molar-refractivity contribution in [1.82, 2.24) is 24.8 Å². The lowest BCUT2D eigenvalue weighted by molar-refractivity contribution is 0.499. The second-order valence-electron chi connectivity index (χ2n) is 4.10. The molecule has 0 amide bonds. The highest BCUT2D eigenvalue weighted by Gasteiger charge is 2.03. The average molecular weight is 242 g/mol. The zero-order valence-corrected chi connectivity index (χ0v) is 9.90. The first-order valence-corrected chi connectivity index (χ1v) is 5.86. The second-order valence-corrected chi connectivity index (χ2v) is 4.10. The molecule has 0 aliphatic carbocycles. The van der Waals surface area contributed by atoms with E-state index in [1.807, 2.05) is 29.2 Å². The monoisotopic (exact) mass is 242 g/mol. The van der Waals surface area contributed by atoms with Crippen molar-refractivity contribution in [3.8, 4) is 0 Å². The van der Waals surface area contributed by atoms with E-state index in [2.05, 4.69) is 27.5 Å². The quantitative estimate of drug-likeness (QED) is 0.734. The predicted octanol–water partition coefficient (Wildman–Crippen LogP) is 0.787. The van der Waals surface area contributed by atoms with E-state index in [0.717, 1.165) is 29.7 Å².